The van der Waals surface area contributed by atoms with E-state index < -0.39 is 0 Å². The minimum absolute atomic E-state index is 0.955. The number of nitrogens with zero attached hydrogens (tertiary/aromatic N) is 2. The van der Waals surface area contributed by atoms with Gasteiger partial charge in [0.2, 0.25) is 0 Å². The van der Waals surface area contributed by atoms with Crippen LogP contribution in [0.1, 0.15) is 28.0 Å². The zero-order valence-corrected chi connectivity index (χ0v) is 13.0. The quantitative estimate of drug-likeness (QED) is 0.754. The third-order valence-corrected chi connectivity index (χ3v) is 5.43. The molecule has 1 aliphatic carbocycles. The number of aryl methyl sites for hydroxylation is 4. The lowest BCUT2D eigenvalue weighted by Crippen LogP contribution is -1.99. The number of nitrogens with one attached hydrogen (secondary N) is 1. The van der Waals surface area contributed by atoms with Crippen LogP contribution in [0.3, 0.4) is 0 Å². The minimum Gasteiger partial charge on any atom is -0.339 e. The van der Waals surface area contributed by atoms with Gasteiger partial charge in [0.05, 0.1) is 5.39 Å². The Kier molecular flexibility index (Phi) is 2.93. The van der Waals surface area contributed by atoms with Gasteiger partial charge in [0.1, 0.15) is 17.0 Å². The molecule has 2 heterocycles. The third-order valence-electron chi connectivity index (χ3n) is 4.23. The molecule has 1 aliphatic rings. The van der Waals surface area contributed by atoms with Crippen LogP contribution in [0.15, 0.2) is 24.5 Å². The minimum atomic E-state index is 0.955. The van der Waals surface area contributed by atoms with Crippen LogP contribution in [0.2, 0.25) is 0 Å². The summed E-state index contributed by atoms with van der Waals surface area (Å²) in [5, 5.41) is 4.79. The van der Waals surface area contributed by atoms with Crippen LogP contribution >= 0.6 is 11.3 Å². The van der Waals surface area contributed by atoms with Gasteiger partial charge in [-0.1, -0.05) is 18.2 Å². The Morgan fingerprint density at radius 3 is 2.71 bits per heavy atom. The molecule has 1 aromatic carbocycles. The van der Waals surface area contributed by atoms with Gasteiger partial charge >= 0.3 is 0 Å². The van der Waals surface area contributed by atoms with Crippen molar-refractivity contribution in [2.75, 3.05) is 5.32 Å². The topological polar surface area (TPSA) is 37.8 Å². The summed E-state index contributed by atoms with van der Waals surface area (Å²) in [5.74, 6) is 0.955. The largest absolute Gasteiger partial charge is 0.339 e. The van der Waals surface area contributed by atoms with Gasteiger partial charge in [-0.15, -0.1) is 11.3 Å². The Morgan fingerprint density at radius 2 is 1.90 bits per heavy atom. The molecular formula is C17H17N3S. The summed E-state index contributed by atoms with van der Waals surface area (Å²) in [6, 6.07) is 6.35. The molecule has 0 spiro atoms. The van der Waals surface area contributed by atoms with E-state index in [0.717, 1.165) is 22.8 Å². The fourth-order valence-electron chi connectivity index (χ4n) is 3.15. The number of thiophene rings is 1. The lowest BCUT2D eigenvalue weighted by molar-refractivity contribution is 0.917. The first-order valence-corrected chi connectivity index (χ1v) is 8.14. The van der Waals surface area contributed by atoms with Gasteiger partial charge in [0, 0.05) is 10.6 Å². The van der Waals surface area contributed by atoms with Crippen molar-refractivity contribution in [2.24, 2.45) is 0 Å². The molecule has 0 radical (unpaired) electrons. The van der Waals surface area contributed by atoms with Crippen LogP contribution in [0.5, 0.6) is 0 Å². The SMILES string of the molecule is Cc1cccc(C)c1Nc1ncnc2sc3c(c12)CCC3. The first-order valence-electron chi connectivity index (χ1n) is 7.32. The van der Waals surface area contributed by atoms with E-state index in [1.54, 1.807) is 6.33 Å². The highest BCUT2D eigenvalue weighted by Gasteiger charge is 2.21. The number of para-hydroxylation sites is 1. The van der Waals surface area contributed by atoms with E-state index in [1.807, 2.05) is 11.3 Å². The van der Waals surface area contributed by atoms with Gasteiger partial charge < -0.3 is 5.32 Å². The van der Waals surface area contributed by atoms with Crippen molar-refractivity contribution in [2.45, 2.75) is 33.1 Å². The van der Waals surface area contributed by atoms with Gasteiger partial charge in [-0.3, -0.25) is 0 Å². The maximum Gasteiger partial charge on any atom is 0.142 e. The molecule has 0 saturated heterocycles. The maximum atomic E-state index is 4.52. The summed E-state index contributed by atoms with van der Waals surface area (Å²) >= 11 is 1.83. The number of rotatable bonds is 2. The van der Waals surface area contributed by atoms with Crippen LogP contribution in [-0.2, 0) is 12.8 Å². The highest BCUT2D eigenvalue weighted by Crippen LogP contribution is 2.40. The molecule has 1 N–H and O–H groups in total. The van der Waals surface area contributed by atoms with Gasteiger partial charge in [-0.05, 0) is 49.8 Å². The third kappa shape index (κ3) is 2.02. The van der Waals surface area contributed by atoms with Crippen molar-refractivity contribution in [1.82, 2.24) is 9.97 Å². The predicted octanol–water partition coefficient (Wildman–Crippen LogP) is 4.54. The second-order valence-electron chi connectivity index (χ2n) is 5.65. The molecule has 21 heavy (non-hydrogen) atoms. The molecule has 3 aromatic rings. The van der Waals surface area contributed by atoms with Crippen LogP contribution in [-0.4, -0.2) is 9.97 Å². The molecule has 0 saturated carbocycles. The standard InChI is InChI=1S/C17H17N3S/c1-10-5-3-6-11(2)15(10)20-16-14-12-7-4-8-13(12)21-17(14)19-9-18-16/h3,5-6,9H,4,7-8H2,1-2H3,(H,18,19,20). The first-order chi connectivity index (χ1) is 10.2. The second-order valence-corrected chi connectivity index (χ2v) is 6.74. The lowest BCUT2D eigenvalue weighted by atomic mass is 10.1. The van der Waals surface area contributed by atoms with Crippen LogP contribution in [0.4, 0.5) is 11.5 Å². The van der Waals surface area contributed by atoms with Crippen LogP contribution in [0.25, 0.3) is 10.2 Å². The molecule has 0 fully saturated rings. The van der Waals surface area contributed by atoms with E-state index in [-0.39, 0.29) is 0 Å². The Morgan fingerprint density at radius 1 is 1.10 bits per heavy atom. The summed E-state index contributed by atoms with van der Waals surface area (Å²) in [6.45, 7) is 4.26. The Bertz CT molecular complexity index is 815. The first kappa shape index (κ1) is 12.8. The van der Waals surface area contributed by atoms with E-state index >= 15 is 0 Å². The van der Waals surface area contributed by atoms with Crippen LogP contribution < -0.4 is 5.32 Å². The second kappa shape index (κ2) is 4.81. The van der Waals surface area contributed by atoms with Crippen molar-refractivity contribution in [3.8, 4) is 0 Å². The van der Waals surface area contributed by atoms with E-state index in [0.29, 0.717) is 0 Å². The lowest BCUT2D eigenvalue weighted by Gasteiger charge is -2.13. The van der Waals surface area contributed by atoms with Crippen molar-refractivity contribution in [1.29, 1.82) is 0 Å². The van der Waals surface area contributed by atoms with E-state index in [4.69, 9.17) is 0 Å². The van der Waals surface area contributed by atoms with Gasteiger partial charge in [0.15, 0.2) is 0 Å². The molecule has 4 rings (SSSR count). The molecular weight excluding hydrogens is 278 g/mol. The van der Waals surface area contributed by atoms with Crippen molar-refractivity contribution >= 4 is 33.1 Å². The zero-order chi connectivity index (χ0) is 14.4. The molecule has 0 unspecified atom stereocenters. The van der Waals surface area contributed by atoms with E-state index in [9.17, 15) is 0 Å². The maximum absolute atomic E-state index is 4.52. The smallest absolute Gasteiger partial charge is 0.142 e. The van der Waals surface area contributed by atoms with E-state index in [1.165, 1.54) is 39.8 Å². The number of fused-ring (bicyclic) bond motifs is 3. The highest BCUT2D eigenvalue weighted by atomic mass is 32.1. The molecule has 0 atom stereocenters. The normalized spacial score (nSPS) is 13.6. The summed E-state index contributed by atoms with van der Waals surface area (Å²) in [4.78, 5) is 11.6. The molecule has 3 nitrogen and oxygen atoms in total. The molecule has 0 aliphatic heterocycles. The zero-order valence-electron chi connectivity index (χ0n) is 12.2. The fraction of sp³-hybridized carbons (Fsp3) is 0.294. The van der Waals surface area contributed by atoms with Gasteiger partial charge in [-0.25, -0.2) is 9.97 Å². The molecule has 4 heteroatoms. The molecule has 106 valence electrons. The summed E-state index contributed by atoms with van der Waals surface area (Å²) in [6.07, 6.45) is 5.28. The van der Waals surface area contributed by atoms with Crippen LogP contribution in [0, 0.1) is 13.8 Å². The van der Waals surface area contributed by atoms with Crippen molar-refractivity contribution in [3.05, 3.63) is 46.1 Å². The summed E-state index contributed by atoms with van der Waals surface area (Å²) in [5.41, 5.74) is 5.11. The van der Waals surface area contributed by atoms with E-state index in [2.05, 4.69) is 47.3 Å². The van der Waals surface area contributed by atoms with Gasteiger partial charge in [-0.2, -0.15) is 0 Å². The number of hydrogen-bond donors (Lipinski definition) is 1. The van der Waals surface area contributed by atoms with Crippen molar-refractivity contribution < 1.29 is 0 Å². The molecule has 0 amide bonds. The molecule has 0 bridgehead atoms. The number of anilines is 2. The summed E-state index contributed by atoms with van der Waals surface area (Å²) < 4.78 is 0. The average Bonchev–Trinajstić information content (AvgIpc) is 3.03. The predicted molar refractivity (Wildman–Crippen MR) is 88.6 cm³/mol. The number of benzene rings is 1. The average molecular weight is 295 g/mol. The summed E-state index contributed by atoms with van der Waals surface area (Å²) in [7, 11) is 0. The number of aromatic nitrogens is 2. The monoisotopic (exact) mass is 295 g/mol. The highest BCUT2D eigenvalue weighted by molar-refractivity contribution is 7.19. The molecule has 2 aromatic heterocycles. The Balaban J connectivity index is 1.88. The number of hydrogen-bond acceptors (Lipinski definition) is 4. The van der Waals surface area contributed by atoms with Gasteiger partial charge in [0.25, 0.3) is 0 Å². The fourth-order valence-corrected chi connectivity index (χ4v) is 4.38. The van der Waals surface area contributed by atoms with Crippen molar-refractivity contribution in [3.63, 3.8) is 0 Å². The Labute approximate surface area is 128 Å². The Hall–Kier alpha value is -1.94.